The quantitative estimate of drug-likeness (QED) is 0.192. The van der Waals surface area contributed by atoms with E-state index in [0.29, 0.717) is 11.1 Å². The summed E-state index contributed by atoms with van der Waals surface area (Å²) in [5.41, 5.74) is 3.10. The fraction of sp³-hybridized carbons (Fsp3) is 0. The van der Waals surface area contributed by atoms with E-state index >= 15 is 0 Å². The molecule has 0 radical (unpaired) electrons. The molecule has 5 heteroatoms. The van der Waals surface area contributed by atoms with Crippen molar-refractivity contribution in [1.29, 1.82) is 0 Å². The SMILES string of the molecule is [2H]c1c([2H])c([2H])c2c(c1[2H])c([2H])c([2H])c1c2oc2c([2H])c(-c3nc(-c4ccccc4)nc(-c4ccc5c(c4)sc4c(-c6ccccc6)cccc45)n3)c([2H])c([2H])c21. The lowest BCUT2D eigenvalue weighted by molar-refractivity contribution is 0.673. The van der Waals surface area contributed by atoms with Crippen LogP contribution in [0.3, 0.4) is 0 Å². The lowest BCUT2D eigenvalue weighted by Gasteiger charge is -2.08. The van der Waals surface area contributed by atoms with Crippen LogP contribution < -0.4 is 0 Å². The Hall–Kier alpha value is -6.17. The minimum atomic E-state index is -0.558. The molecule has 0 N–H and O–H groups in total. The highest BCUT2D eigenvalue weighted by Gasteiger charge is 2.17. The molecular weight excluding hydrogens is 607 g/mol. The van der Waals surface area contributed by atoms with Crippen LogP contribution in [0.5, 0.6) is 0 Å². The van der Waals surface area contributed by atoms with Crippen LogP contribution in [0.4, 0.5) is 0 Å². The normalized spacial score (nSPS) is 14.4. The molecule has 0 aliphatic rings. The van der Waals surface area contributed by atoms with Crippen molar-refractivity contribution in [1.82, 2.24) is 15.0 Å². The summed E-state index contributed by atoms with van der Waals surface area (Å²) >= 11 is 1.67. The van der Waals surface area contributed by atoms with Crippen molar-refractivity contribution in [3.63, 3.8) is 0 Å². The lowest BCUT2D eigenvalue weighted by atomic mass is 10.0. The first-order valence-electron chi connectivity index (χ1n) is 19.7. The number of aromatic nitrogens is 3. The van der Waals surface area contributed by atoms with Crippen LogP contribution in [0, 0.1) is 0 Å². The lowest BCUT2D eigenvalue weighted by Crippen LogP contribution is -2.00. The van der Waals surface area contributed by atoms with E-state index in [2.05, 4.69) is 30.3 Å². The van der Waals surface area contributed by atoms with Crippen molar-refractivity contribution in [3.8, 4) is 45.3 Å². The summed E-state index contributed by atoms with van der Waals surface area (Å²) in [4.78, 5) is 14.4. The third kappa shape index (κ3) is 4.33. The van der Waals surface area contributed by atoms with E-state index in [0.717, 1.165) is 31.3 Å². The van der Waals surface area contributed by atoms with Crippen LogP contribution in [0.1, 0.15) is 12.3 Å². The van der Waals surface area contributed by atoms with Crippen LogP contribution in [-0.4, -0.2) is 15.0 Å². The maximum Gasteiger partial charge on any atom is 0.164 e. The Kier molecular flexibility index (Phi) is 4.34. The van der Waals surface area contributed by atoms with Gasteiger partial charge in [0.2, 0.25) is 0 Å². The third-order valence-corrected chi connectivity index (χ3v) is 9.62. The average Bonchev–Trinajstić information content (AvgIpc) is 3.83. The maximum atomic E-state index is 9.41. The van der Waals surface area contributed by atoms with Crippen LogP contribution >= 0.6 is 11.3 Å². The summed E-state index contributed by atoms with van der Waals surface area (Å²) in [5, 5.41) is 1.69. The summed E-state index contributed by atoms with van der Waals surface area (Å²) in [6.07, 6.45) is 0. The number of nitrogens with zero attached hydrogens (tertiary/aromatic N) is 3. The molecule has 7 aromatic carbocycles. The maximum absolute atomic E-state index is 9.41. The van der Waals surface area contributed by atoms with E-state index in [1.807, 2.05) is 66.7 Å². The van der Waals surface area contributed by atoms with Crippen molar-refractivity contribution in [2.75, 3.05) is 0 Å². The number of furan rings is 1. The van der Waals surface area contributed by atoms with Gasteiger partial charge in [0, 0.05) is 53.0 Å². The van der Waals surface area contributed by atoms with Gasteiger partial charge in [0.05, 0.1) is 12.3 Å². The first kappa shape index (κ1) is 19.5. The summed E-state index contributed by atoms with van der Waals surface area (Å²) in [7, 11) is 0. The topological polar surface area (TPSA) is 51.8 Å². The first-order chi connectivity index (χ1) is 27.5. The molecule has 0 fully saturated rings. The van der Waals surface area contributed by atoms with Crippen LogP contribution in [0.15, 0.2) is 156 Å². The first-order valence-corrected chi connectivity index (χ1v) is 16.0. The van der Waals surface area contributed by atoms with Crippen molar-refractivity contribution in [2.45, 2.75) is 0 Å². The smallest absolute Gasteiger partial charge is 0.164 e. The molecule has 10 rings (SSSR count). The van der Waals surface area contributed by atoms with E-state index in [1.54, 1.807) is 11.3 Å². The number of hydrogen-bond donors (Lipinski definition) is 0. The summed E-state index contributed by atoms with van der Waals surface area (Å²) in [6, 6.07) is 27.6. The van der Waals surface area contributed by atoms with Gasteiger partial charge in [0.15, 0.2) is 17.5 Å². The Morgan fingerprint density at radius 2 is 1.25 bits per heavy atom. The van der Waals surface area contributed by atoms with E-state index in [1.165, 1.54) is 0 Å². The summed E-state index contributed by atoms with van der Waals surface area (Å²) < 4.78 is 87.4. The molecule has 0 aliphatic carbocycles. The molecule has 10 aromatic rings. The number of fused-ring (bicyclic) bond motifs is 8. The second-order valence-electron chi connectivity index (χ2n) is 11.3. The minimum Gasteiger partial charge on any atom is -0.455 e. The predicted molar refractivity (Wildman–Crippen MR) is 199 cm³/mol. The predicted octanol–water partition coefficient (Wildman–Crippen LogP) is 12.0. The van der Waals surface area contributed by atoms with E-state index in [4.69, 9.17) is 27.6 Å². The Morgan fingerprint density at radius 3 is 2.08 bits per heavy atom. The summed E-state index contributed by atoms with van der Waals surface area (Å²) in [6.45, 7) is 0. The zero-order valence-corrected chi connectivity index (χ0v) is 25.7. The number of benzene rings is 7. The van der Waals surface area contributed by atoms with Gasteiger partial charge in [0.1, 0.15) is 11.2 Å². The highest BCUT2D eigenvalue weighted by Crippen LogP contribution is 2.41. The zero-order valence-electron chi connectivity index (χ0n) is 33.9. The molecule has 0 saturated carbocycles. The fourth-order valence-corrected chi connectivity index (χ4v) is 7.41. The standard InChI is InChI=1S/C43H25N3OS/c1-3-10-26(11-4-1)32-16-9-17-36-34-22-20-30(25-38(34)48-40(32)36)43-45-41(28-13-5-2-6-14-28)44-42(46-43)29-19-21-33-35-23-18-27-12-7-8-15-31(27)39(35)47-37(33)24-29/h1-25H/i7D,8D,12D,15D,18D,19D,21D,23D,24D. The molecule has 0 saturated heterocycles. The Labute approximate surface area is 292 Å². The largest absolute Gasteiger partial charge is 0.455 e. The highest BCUT2D eigenvalue weighted by molar-refractivity contribution is 7.26. The fourth-order valence-electron chi connectivity index (χ4n) is 6.13. The molecule has 0 unspecified atom stereocenters. The van der Waals surface area contributed by atoms with E-state index in [9.17, 15) is 4.11 Å². The Balaban J connectivity index is 1.22. The second-order valence-corrected chi connectivity index (χ2v) is 12.3. The Bertz CT molecular complexity index is 3350. The molecule has 0 atom stereocenters. The van der Waals surface area contributed by atoms with Gasteiger partial charge in [-0.1, -0.05) is 127 Å². The van der Waals surface area contributed by atoms with Crippen molar-refractivity contribution >= 4 is 64.2 Å². The Morgan fingerprint density at radius 1 is 0.521 bits per heavy atom. The molecule has 3 heterocycles. The van der Waals surface area contributed by atoms with Gasteiger partial charge in [-0.05, 0) is 40.7 Å². The number of hydrogen-bond acceptors (Lipinski definition) is 5. The van der Waals surface area contributed by atoms with Gasteiger partial charge < -0.3 is 4.42 Å². The summed E-state index contributed by atoms with van der Waals surface area (Å²) in [5.74, 6) is 0.514. The van der Waals surface area contributed by atoms with Crippen molar-refractivity contribution in [2.24, 2.45) is 0 Å². The third-order valence-electron chi connectivity index (χ3n) is 8.42. The van der Waals surface area contributed by atoms with Gasteiger partial charge in [0.25, 0.3) is 0 Å². The average molecular weight is 641 g/mol. The molecule has 48 heavy (non-hydrogen) atoms. The molecule has 3 aromatic heterocycles. The molecule has 0 spiro atoms. The molecule has 224 valence electrons. The molecule has 0 aliphatic heterocycles. The van der Waals surface area contributed by atoms with E-state index in [-0.39, 0.29) is 61.8 Å². The zero-order chi connectivity index (χ0) is 39.4. The van der Waals surface area contributed by atoms with Gasteiger partial charge in [-0.3, -0.25) is 0 Å². The second kappa shape index (κ2) is 10.7. The van der Waals surface area contributed by atoms with Crippen molar-refractivity contribution in [3.05, 3.63) is 151 Å². The van der Waals surface area contributed by atoms with Crippen LogP contribution in [0.25, 0.3) is 98.2 Å². The number of rotatable bonds is 4. The van der Waals surface area contributed by atoms with Crippen molar-refractivity contribution < 1.29 is 16.8 Å². The number of thiophene rings is 1. The van der Waals surface area contributed by atoms with E-state index < -0.39 is 48.3 Å². The van der Waals surface area contributed by atoms with Gasteiger partial charge in [-0.15, -0.1) is 11.3 Å². The highest BCUT2D eigenvalue weighted by atomic mass is 32.1. The van der Waals surface area contributed by atoms with Gasteiger partial charge >= 0.3 is 0 Å². The molecular formula is C43H25N3OS. The molecule has 4 nitrogen and oxygen atoms in total. The minimum absolute atomic E-state index is 0.0495. The monoisotopic (exact) mass is 640 g/mol. The molecule has 0 bridgehead atoms. The van der Waals surface area contributed by atoms with Gasteiger partial charge in [-0.25, -0.2) is 15.0 Å². The van der Waals surface area contributed by atoms with Crippen LogP contribution in [-0.2, 0) is 0 Å². The van der Waals surface area contributed by atoms with Crippen LogP contribution in [0.2, 0.25) is 0 Å². The van der Waals surface area contributed by atoms with Gasteiger partial charge in [-0.2, -0.15) is 0 Å². The molecule has 0 amide bonds.